The van der Waals surface area contributed by atoms with Gasteiger partial charge in [0.15, 0.2) is 0 Å². The molecule has 0 amide bonds. The molecular weight excluding hydrogens is 240 g/mol. The summed E-state index contributed by atoms with van der Waals surface area (Å²) >= 11 is 0. The number of pyridine rings is 1. The first-order valence-corrected chi connectivity index (χ1v) is 7.24. The Kier molecular flexibility index (Phi) is 3.71. The van der Waals surface area contributed by atoms with Gasteiger partial charge in [-0.15, -0.1) is 0 Å². The number of fused-ring (bicyclic) bond motifs is 1. The minimum Gasteiger partial charge on any atom is -0.392 e. The lowest BCUT2D eigenvalue weighted by molar-refractivity contribution is -0.00881. The summed E-state index contributed by atoms with van der Waals surface area (Å²) in [6.45, 7) is 3.76. The van der Waals surface area contributed by atoms with Crippen molar-refractivity contribution < 1.29 is 9.84 Å². The van der Waals surface area contributed by atoms with Gasteiger partial charge in [0.05, 0.1) is 25.4 Å². The molecule has 1 saturated heterocycles. The molecule has 2 unspecified atom stereocenters. The number of rotatable bonds is 2. The molecule has 2 fully saturated rings. The first kappa shape index (κ1) is 12.9. The minimum atomic E-state index is 0.0529. The molecule has 1 aliphatic carbocycles. The molecule has 1 aromatic rings. The summed E-state index contributed by atoms with van der Waals surface area (Å²) in [5, 5.41) is 9.54. The van der Waals surface area contributed by atoms with Gasteiger partial charge < -0.3 is 14.7 Å². The quantitative estimate of drug-likeness (QED) is 0.886. The van der Waals surface area contributed by atoms with E-state index in [1.165, 1.54) is 25.7 Å². The Morgan fingerprint density at radius 1 is 1.42 bits per heavy atom. The van der Waals surface area contributed by atoms with Gasteiger partial charge in [0.1, 0.15) is 0 Å². The predicted octanol–water partition coefficient (Wildman–Crippen LogP) is 2.03. The maximum Gasteiger partial charge on any atom is 0.0779 e. The Morgan fingerprint density at radius 2 is 2.26 bits per heavy atom. The van der Waals surface area contributed by atoms with Crippen LogP contribution in [-0.4, -0.2) is 35.4 Å². The summed E-state index contributed by atoms with van der Waals surface area (Å²) in [7, 11) is 0. The molecular formula is C15H22N2O2. The van der Waals surface area contributed by atoms with Crippen LogP contribution in [0.25, 0.3) is 0 Å². The Balaban J connectivity index is 1.93. The summed E-state index contributed by atoms with van der Waals surface area (Å²) in [4.78, 5) is 6.73. The van der Waals surface area contributed by atoms with Gasteiger partial charge in [-0.05, 0) is 25.8 Å². The van der Waals surface area contributed by atoms with Crippen LogP contribution in [0.4, 0.5) is 5.69 Å². The molecule has 1 aromatic heterocycles. The van der Waals surface area contributed by atoms with Gasteiger partial charge in [0.25, 0.3) is 0 Å². The zero-order chi connectivity index (χ0) is 13.2. The second-order valence-corrected chi connectivity index (χ2v) is 5.57. The van der Waals surface area contributed by atoms with Crippen molar-refractivity contribution in [1.29, 1.82) is 0 Å². The molecule has 4 heteroatoms. The molecule has 104 valence electrons. The Morgan fingerprint density at radius 3 is 3.11 bits per heavy atom. The molecule has 2 aliphatic rings. The molecule has 1 N–H and O–H groups in total. The summed E-state index contributed by atoms with van der Waals surface area (Å²) in [6, 6.07) is 2.57. The molecule has 1 saturated carbocycles. The van der Waals surface area contributed by atoms with E-state index in [2.05, 4.69) is 16.0 Å². The number of nitrogens with zero attached hydrogens (tertiary/aromatic N) is 2. The fourth-order valence-corrected chi connectivity index (χ4v) is 3.36. The largest absolute Gasteiger partial charge is 0.392 e. The lowest BCUT2D eigenvalue weighted by Crippen LogP contribution is -2.53. The van der Waals surface area contributed by atoms with E-state index < -0.39 is 0 Å². The molecule has 3 rings (SSSR count). The number of hydrogen-bond acceptors (Lipinski definition) is 4. The van der Waals surface area contributed by atoms with E-state index in [0.717, 1.165) is 30.1 Å². The van der Waals surface area contributed by atoms with Gasteiger partial charge in [-0.1, -0.05) is 12.8 Å². The van der Waals surface area contributed by atoms with E-state index in [0.29, 0.717) is 12.1 Å². The van der Waals surface area contributed by atoms with Gasteiger partial charge in [-0.2, -0.15) is 0 Å². The van der Waals surface area contributed by atoms with Crippen molar-refractivity contribution >= 4 is 5.69 Å². The van der Waals surface area contributed by atoms with E-state index >= 15 is 0 Å². The van der Waals surface area contributed by atoms with Crippen molar-refractivity contribution in [1.82, 2.24) is 4.98 Å². The van der Waals surface area contributed by atoms with Crippen LogP contribution < -0.4 is 4.90 Å². The summed E-state index contributed by atoms with van der Waals surface area (Å²) in [6.07, 6.45) is 7.08. The molecule has 1 aliphatic heterocycles. The third-order valence-corrected chi connectivity index (χ3v) is 4.31. The smallest absolute Gasteiger partial charge is 0.0779 e. The third-order valence-electron chi connectivity index (χ3n) is 4.31. The van der Waals surface area contributed by atoms with Gasteiger partial charge in [-0.3, -0.25) is 4.98 Å². The van der Waals surface area contributed by atoms with Crippen LogP contribution in [-0.2, 0) is 11.3 Å². The van der Waals surface area contributed by atoms with Crippen LogP contribution >= 0.6 is 0 Å². The molecule has 0 spiro atoms. The first-order chi connectivity index (χ1) is 9.29. The molecule has 19 heavy (non-hydrogen) atoms. The van der Waals surface area contributed by atoms with Crippen LogP contribution in [0.3, 0.4) is 0 Å². The SMILES string of the molecule is Cc1cc(N2CCOC3CCCCC32)c(CO)cn1. The number of aliphatic hydroxyl groups excluding tert-OH is 1. The standard InChI is InChI=1S/C15H22N2O2/c1-11-8-14(12(10-18)9-16-11)17-6-7-19-15-5-3-2-4-13(15)17/h8-9,13,15,18H,2-7,10H2,1H3. The average Bonchev–Trinajstić information content (AvgIpc) is 2.46. The van der Waals surface area contributed by atoms with Crippen LogP contribution in [0, 0.1) is 6.92 Å². The van der Waals surface area contributed by atoms with Crippen molar-refractivity contribution in [3.05, 3.63) is 23.5 Å². The molecule has 0 bridgehead atoms. The summed E-state index contributed by atoms with van der Waals surface area (Å²) in [5.41, 5.74) is 3.08. The summed E-state index contributed by atoms with van der Waals surface area (Å²) in [5.74, 6) is 0. The van der Waals surface area contributed by atoms with Crippen molar-refractivity contribution in [3.8, 4) is 0 Å². The third kappa shape index (κ3) is 2.47. The van der Waals surface area contributed by atoms with E-state index in [1.807, 2.05) is 6.92 Å². The molecule has 2 atom stereocenters. The monoisotopic (exact) mass is 262 g/mol. The van der Waals surface area contributed by atoms with Crippen LogP contribution in [0.15, 0.2) is 12.3 Å². The topological polar surface area (TPSA) is 45.6 Å². The second kappa shape index (κ2) is 5.47. The normalized spacial score (nSPS) is 27.2. The maximum absolute atomic E-state index is 9.54. The highest BCUT2D eigenvalue weighted by molar-refractivity contribution is 5.55. The Hall–Kier alpha value is -1.13. The Labute approximate surface area is 114 Å². The highest BCUT2D eigenvalue weighted by atomic mass is 16.5. The number of aliphatic hydroxyl groups is 1. The van der Waals surface area contributed by atoms with Gasteiger partial charge in [0.2, 0.25) is 0 Å². The van der Waals surface area contributed by atoms with E-state index in [1.54, 1.807) is 6.20 Å². The number of morpholine rings is 1. The van der Waals surface area contributed by atoms with E-state index in [4.69, 9.17) is 4.74 Å². The first-order valence-electron chi connectivity index (χ1n) is 7.24. The zero-order valence-corrected chi connectivity index (χ0v) is 11.5. The van der Waals surface area contributed by atoms with Crippen LogP contribution in [0.1, 0.15) is 36.9 Å². The van der Waals surface area contributed by atoms with Gasteiger partial charge >= 0.3 is 0 Å². The molecule has 0 aromatic carbocycles. The molecule has 2 heterocycles. The number of hydrogen-bond donors (Lipinski definition) is 1. The molecule has 0 radical (unpaired) electrons. The fourth-order valence-electron chi connectivity index (χ4n) is 3.36. The van der Waals surface area contributed by atoms with Crippen molar-refractivity contribution in [3.63, 3.8) is 0 Å². The number of aryl methyl sites for hydroxylation is 1. The highest BCUT2D eigenvalue weighted by Gasteiger charge is 2.35. The van der Waals surface area contributed by atoms with Crippen molar-refractivity contribution in [2.45, 2.75) is 51.4 Å². The fraction of sp³-hybridized carbons (Fsp3) is 0.667. The number of anilines is 1. The second-order valence-electron chi connectivity index (χ2n) is 5.57. The van der Waals surface area contributed by atoms with Crippen LogP contribution in [0.5, 0.6) is 0 Å². The number of ether oxygens (including phenoxy) is 1. The van der Waals surface area contributed by atoms with E-state index in [9.17, 15) is 5.11 Å². The van der Waals surface area contributed by atoms with Crippen molar-refractivity contribution in [2.24, 2.45) is 0 Å². The van der Waals surface area contributed by atoms with Crippen LogP contribution in [0.2, 0.25) is 0 Å². The average molecular weight is 262 g/mol. The zero-order valence-electron chi connectivity index (χ0n) is 11.5. The lowest BCUT2D eigenvalue weighted by Gasteiger charge is -2.45. The highest BCUT2D eigenvalue weighted by Crippen LogP contribution is 2.33. The Bertz CT molecular complexity index is 448. The van der Waals surface area contributed by atoms with Gasteiger partial charge in [0, 0.05) is 29.7 Å². The van der Waals surface area contributed by atoms with Crippen molar-refractivity contribution in [2.75, 3.05) is 18.1 Å². The summed E-state index contributed by atoms with van der Waals surface area (Å²) < 4.78 is 5.92. The van der Waals surface area contributed by atoms with E-state index in [-0.39, 0.29) is 6.61 Å². The predicted molar refractivity (Wildman–Crippen MR) is 74.2 cm³/mol. The maximum atomic E-state index is 9.54. The number of aromatic nitrogens is 1. The molecule has 4 nitrogen and oxygen atoms in total. The van der Waals surface area contributed by atoms with Gasteiger partial charge in [-0.25, -0.2) is 0 Å². The minimum absolute atomic E-state index is 0.0529. The lowest BCUT2D eigenvalue weighted by atomic mass is 9.89.